The fourth-order valence-electron chi connectivity index (χ4n) is 10.8. The summed E-state index contributed by atoms with van der Waals surface area (Å²) in [5.74, 6) is 1.99. The van der Waals surface area contributed by atoms with Crippen molar-refractivity contribution in [1.82, 2.24) is 19.5 Å². The highest BCUT2D eigenvalue weighted by atomic mass is 32.1. The molecule has 0 unspecified atom stereocenters. The summed E-state index contributed by atoms with van der Waals surface area (Å²) in [4.78, 5) is 15.4. The zero-order valence-electron chi connectivity index (χ0n) is 32.9. The minimum atomic E-state index is 0.0135. The molecule has 284 valence electrons. The summed E-state index contributed by atoms with van der Waals surface area (Å²) >= 11 is 1.81. The van der Waals surface area contributed by atoms with Crippen molar-refractivity contribution < 1.29 is 0 Å². The molecule has 4 nitrogen and oxygen atoms in total. The monoisotopic (exact) mass is 786 g/mol. The van der Waals surface area contributed by atoms with Crippen molar-refractivity contribution >= 4 is 64.1 Å². The van der Waals surface area contributed by atoms with E-state index in [2.05, 4.69) is 156 Å². The van der Waals surface area contributed by atoms with Crippen molar-refractivity contribution in [3.05, 3.63) is 181 Å². The number of para-hydroxylation sites is 1. The lowest BCUT2D eigenvalue weighted by molar-refractivity contribution is 0.355. The molecule has 2 aliphatic carbocycles. The lowest BCUT2D eigenvalue weighted by Gasteiger charge is -2.36. The van der Waals surface area contributed by atoms with Gasteiger partial charge in [-0.25, -0.2) is 15.0 Å². The highest BCUT2D eigenvalue weighted by Crippen LogP contribution is 2.61. The van der Waals surface area contributed by atoms with Gasteiger partial charge in [-0.3, -0.25) is 0 Å². The normalized spacial score (nSPS) is 14.5. The molecule has 1 spiro atoms. The Hall–Kier alpha value is -6.95. The van der Waals surface area contributed by atoms with Gasteiger partial charge in [0.05, 0.1) is 11.0 Å². The van der Waals surface area contributed by atoms with E-state index in [0.717, 1.165) is 22.4 Å². The average Bonchev–Trinajstić information content (AvgIpc) is 3.96. The van der Waals surface area contributed by atoms with Crippen LogP contribution in [0.2, 0.25) is 0 Å². The first-order chi connectivity index (χ1) is 29.7. The molecule has 0 saturated heterocycles. The number of hydrogen-bond acceptors (Lipinski definition) is 4. The summed E-state index contributed by atoms with van der Waals surface area (Å²) in [6, 6.07) is 61.8. The molecule has 0 radical (unpaired) electrons. The fourth-order valence-corrected chi connectivity index (χ4v) is 12.0. The van der Waals surface area contributed by atoms with Gasteiger partial charge in [0.25, 0.3) is 0 Å². The molecule has 0 atom stereocenters. The third-order valence-corrected chi connectivity index (χ3v) is 14.5. The van der Waals surface area contributed by atoms with E-state index in [4.69, 9.17) is 15.0 Å². The van der Waals surface area contributed by atoms with Crippen LogP contribution < -0.4 is 0 Å². The largest absolute Gasteiger partial charge is 0.309 e. The molecule has 1 saturated carbocycles. The molecule has 60 heavy (non-hydrogen) atoms. The second-order valence-corrected chi connectivity index (χ2v) is 17.7. The van der Waals surface area contributed by atoms with E-state index >= 15 is 0 Å². The number of fused-ring (bicyclic) bond motifs is 15. The van der Waals surface area contributed by atoms with Crippen LogP contribution in [0.25, 0.3) is 104 Å². The second-order valence-electron chi connectivity index (χ2n) is 16.6. The Morgan fingerprint density at radius 1 is 0.467 bits per heavy atom. The lowest BCUT2D eigenvalue weighted by Crippen LogP contribution is -2.28. The molecule has 0 amide bonds. The maximum Gasteiger partial charge on any atom is 0.164 e. The molecular formula is C55H38N4S. The SMILES string of the molecule is c1ccc(-c2nc(-c3ccc(-n4c5ccccc5c5c6c(c7ccccc7c54)-c4ccccc4C64CCCCC4)cc3)nc(-c3ccc4c(c3)sc3ccccc34)n2)cc1. The first kappa shape index (κ1) is 34.0. The molecule has 5 heteroatoms. The summed E-state index contributed by atoms with van der Waals surface area (Å²) in [7, 11) is 0. The van der Waals surface area contributed by atoms with E-state index in [0.29, 0.717) is 17.5 Å². The summed E-state index contributed by atoms with van der Waals surface area (Å²) in [5.41, 5.74) is 12.5. The van der Waals surface area contributed by atoms with Gasteiger partial charge in [-0.2, -0.15) is 0 Å². The molecule has 13 rings (SSSR count). The maximum atomic E-state index is 5.18. The van der Waals surface area contributed by atoms with Crippen LogP contribution in [-0.2, 0) is 5.41 Å². The van der Waals surface area contributed by atoms with Crippen molar-refractivity contribution in [1.29, 1.82) is 0 Å². The van der Waals surface area contributed by atoms with E-state index in [1.54, 1.807) is 5.56 Å². The van der Waals surface area contributed by atoms with Crippen LogP contribution in [0.4, 0.5) is 0 Å². The minimum Gasteiger partial charge on any atom is -0.309 e. The highest BCUT2D eigenvalue weighted by molar-refractivity contribution is 7.25. The fraction of sp³-hybridized carbons (Fsp3) is 0.109. The topological polar surface area (TPSA) is 43.6 Å². The summed E-state index contributed by atoms with van der Waals surface area (Å²) in [6.07, 6.45) is 6.20. The van der Waals surface area contributed by atoms with Crippen LogP contribution in [0, 0.1) is 0 Å². The molecule has 11 aromatic rings. The Kier molecular flexibility index (Phi) is 7.37. The van der Waals surface area contributed by atoms with Gasteiger partial charge in [0.1, 0.15) is 0 Å². The molecule has 0 bridgehead atoms. The summed E-state index contributed by atoms with van der Waals surface area (Å²) < 4.78 is 5.03. The molecule has 2 aliphatic rings. The summed E-state index contributed by atoms with van der Waals surface area (Å²) in [5, 5.41) is 7.90. The quantitative estimate of drug-likeness (QED) is 0.178. The van der Waals surface area contributed by atoms with Gasteiger partial charge in [-0.15, -0.1) is 11.3 Å². The van der Waals surface area contributed by atoms with Gasteiger partial charge in [-0.1, -0.05) is 147 Å². The molecule has 0 aliphatic heterocycles. The molecular weight excluding hydrogens is 749 g/mol. The van der Waals surface area contributed by atoms with Crippen LogP contribution in [0.3, 0.4) is 0 Å². The third kappa shape index (κ3) is 4.87. The summed E-state index contributed by atoms with van der Waals surface area (Å²) in [6.45, 7) is 0. The van der Waals surface area contributed by atoms with E-state index in [1.165, 1.54) is 102 Å². The average molecular weight is 787 g/mol. The van der Waals surface area contributed by atoms with Gasteiger partial charge in [0.15, 0.2) is 17.5 Å². The van der Waals surface area contributed by atoms with Crippen molar-refractivity contribution in [3.8, 4) is 51.0 Å². The van der Waals surface area contributed by atoms with Crippen molar-refractivity contribution in [2.24, 2.45) is 0 Å². The molecule has 3 aromatic heterocycles. The third-order valence-electron chi connectivity index (χ3n) is 13.4. The van der Waals surface area contributed by atoms with Crippen molar-refractivity contribution in [2.45, 2.75) is 37.5 Å². The smallest absolute Gasteiger partial charge is 0.164 e. The Morgan fingerprint density at radius 2 is 1.07 bits per heavy atom. The van der Waals surface area contributed by atoms with Crippen LogP contribution in [0.1, 0.15) is 43.2 Å². The van der Waals surface area contributed by atoms with Gasteiger partial charge >= 0.3 is 0 Å². The second kappa shape index (κ2) is 13.0. The number of aromatic nitrogens is 4. The van der Waals surface area contributed by atoms with E-state index in [1.807, 2.05) is 29.5 Å². The standard InChI is InChI=1S/C55H38N4S/c1-3-15-34(16-4-1)52-56-53(58-54(57-52)36-27-30-39-38-17-9-12-24-46(38)60-47(39)33-36)35-25-28-37(29-26-35)59-45-23-11-8-21-43(45)49-50-48(40-18-5-6-19-41(40)51(49)59)42-20-7-10-22-44(42)55(50)31-13-2-14-32-55/h1,3-12,15-30,33H,2,13-14,31-32H2. The van der Waals surface area contributed by atoms with Crippen LogP contribution in [-0.4, -0.2) is 19.5 Å². The van der Waals surface area contributed by atoms with Gasteiger partial charge in [0, 0.05) is 64.1 Å². The van der Waals surface area contributed by atoms with Crippen molar-refractivity contribution in [2.75, 3.05) is 0 Å². The predicted octanol–water partition coefficient (Wildman–Crippen LogP) is 14.7. The molecule has 0 N–H and O–H groups in total. The first-order valence-electron chi connectivity index (χ1n) is 21.2. The van der Waals surface area contributed by atoms with Crippen LogP contribution in [0.15, 0.2) is 170 Å². The van der Waals surface area contributed by atoms with Crippen LogP contribution in [0.5, 0.6) is 0 Å². The van der Waals surface area contributed by atoms with Crippen molar-refractivity contribution in [3.63, 3.8) is 0 Å². The Bertz CT molecular complexity index is 3520. The van der Waals surface area contributed by atoms with Gasteiger partial charge in [0.2, 0.25) is 0 Å². The number of benzene rings is 8. The van der Waals surface area contributed by atoms with E-state index < -0.39 is 0 Å². The molecule has 8 aromatic carbocycles. The Morgan fingerprint density at radius 3 is 1.87 bits per heavy atom. The van der Waals surface area contributed by atoms with Gasteiger partial charge < -0.3 is 4.57 Å². The number of rotatable bonds is 4. The van der Waals surface area contributed by atoms with Gasteiger partial charge in [-0.05, 0) is 82.9 Å². The predicted molar refractivity (Wildman–Crippen MR) is 250 cm³/mol. The molecule has 3 heterocycles. The lowest BCUT2D eigenvalue weighted by atomic mass is 9.66. The Labute approximate surface area is 351 Å². The number of hydrogen-bond donors (Lipinski definition) is 0. The number of thiophene rings is 1. The van der Waals surface area contributed by atoms with E-state index in [9.17, 15) is 0 Å². The zero-order valence-corrected chi connectivity index (χ0v) is 33.7. The minimum absolute atomic E-state index is 0.0135. The highest BCUT2D eigenvalue weighted by Gasteiger charge is 2.46. The van der Waals surface area contributed by atoms with E-state index in [-0.39, 0.29) is 5.41 Å². The molecule has 1 fully saturated rings. The van der Waals surface area contributed by atoms with Crippen LogP contribution >= 0.6 is 11.3 Å². The first-order valence-corrected chi connectivity index (χ1v) is 22.0. The number of nitrogens with zero attached hydrogens (tertiary/aromatic N) is 4. The Balaban J connectivity index is 1.01. The zero-order chi connectivity index (χ0) is 39.4. The maximum absolute atomic E-state index is 5.18.